The van der Waals surface area contributed by atoms with Gasteiger partial charge in [0.1, 0.15) is 12.3 Å². The van der Waals surface area contributed by atoms with Gasteiger partial charge in [0.25, 0.3) is 10.0 Å². The van der Waals surface area contributed by atoms with Crippen LogP contribution < -0.4 is 14.4 Å². The summed E-state index contributed by atoms with van der Waals surface area (Å²) in [6, 6.07) is 22.7. The van der Waals surface area contributed by atoms with Crippen molar-refractivity contribution < 1.29 is 22.7 Å². The van der Waals surface area contributed by atoms with Crippen LogP contribution in [0.4, 0.5) is 5.69 Å². The van der Waals surface area contributed by atoms with Gasteiger partial charge < -0.3 is 14.8 Å². The van der Waals surface area contributed by atoms with Gasteiger partial charge in [0.2, 0.25) is 5.91 Å². The first kappa shape index (κ1) is 25.7. The summed E-state index contributed by atoms with van der Waals surface area (Å²) in [5.74, 6) is 0.194. The molecule has 3 aromatic rings. The molecule has 0 unspecified atom stereocenters. The number of methoxy groups -OCH3 is 1. The van der Waals surface area contributed by atoms with Gasteiger partial charge in [0.05, 0.1) is 30.9 Å². The molecule has 1 saturated heterocycles. The summed E-state index contributed by atoms with van der Waals surface area (Å²) < 4.78 is 38.5. The van der Waals surface area contributed by atoms with Crippen LogP contribution in [-0.4, -0.2) is 59.2 Å². The maximum absolute atomic E-state index is 13.4. The minimum Gasteiger partial charge on any atom is -0.497 e. The molecule has 1 aliphatic heterocycles. The molecule has 190 valence electrons. The van der Waals surface area contributed by atoms with Crippen LogP contribution >= 0.6 is 0 Å². The molecule has 0 bridgehead atoms. The number of rotatable bonds is 10. The van der Waals surface area contributed by atoms with Crippen molar-refractivity contribution in [1.82, 2.24) is 10.2 Å². The molecule has 0 aliphatic carbocycles. The van der Waals surface area contributed by atoms with Crippen LogP contribution in [-0.2, 0) is 32.6 Å². The van der Waals surface area contributed by atoms with Crippen molar-refractivity contribution in [2.45, 2.75) is 18.0 Å². The lowest BCUT2D eigenvalue weighted by atomic mass is 10.1. The first-order valence-electron chi connectivity index (χ1n) is 11.8. The molecule has 1 fully saturated rings. The van der Waals surface area contributed by atoms with Crippen LogP contribution in [0, 0.1) is 0 Å². The second kappa shape index (κ2) is 12.0. The third-order valence-corrected chi connectivity index (χ3v) is 7.79. The minimum atomic E-state index is -3.95. The minimum absolute atomic E-state index is 0.115. The molecule has 1 heterocycles. The fraction of sp³-hybridized carbons (Fsp3) is 0.296. The van der Waals surface area contributed by atoms with Crippen LogP contribution in [0.5, 0.6) is 5.75 Å². The Bertz CT molecular complexity index is 1230. The largest absolute Gasteiger partial charge is 0.497 e. The van der Waals surface area contributed by atoms with Gasteiger partial charge in [-0.1, -0.05) is 42.5 Å². The average Bonchev–Trinajstić information content (AvgIpc) is 2.92. The van der Waals surface area contributed by atoms with E-state index in [1.165, 1.54) is 24.8 Å². The number of amides is 1. The Morgan fingerprint density at radius 1 is 0.944 bits per heavy atom. The molecular formula is C27H31N3O5S. The topological polar surface area (TPSA) is 88.2 Å². The molecule has 0 atom stereocenters. The summed E-state index contributed by atoms with van der Waals surface area (Å²) in [6.07, 6.45) is 0. The van der Waals surface area contributed by atoms with Gasteiger partial charge in [-0.25, -0.2) is 8.42 Å². The van der Waals surface area contributed by atoms with Gasteiger partial charge >= 0.3 is 0 Å². The second-order valence-electron chi connectivity index (χ2n) is 8.50. The smallest absolute Gasteiger partial charge is 0.264 e. The number of morpholine rings is 1. The summed E-state index contributed by atoms with van der Waals surface area (Å²) in [4.78, 5) is 15.3. The van der Waals surface area contributed by atoms with E-state index in [1.807, 2.05) is 12.1 Å². The Hall–Kier alpha value is -3.40. The lowest BCUT2D eigenvalue weighted by Crippen LogP contribution is -2.40. The van der Waals surface area contributed by atoms with E-state index >= 15 is 0 Å². The van der Waals surface area contributed by atoms with E-state index in [0.29, 0.717) is 18.0 Å². The molecule has 0 spiro atoms. The molecule has 0 radical (unpaired) electrons. The fourth-order valence-electron chi connectivity index (χ4n) is 3.95. The zero-order chi connectivity index (χ0) is 25.4. The van der Waals surface area contributed by atoms with Crippen molar-refractivity contribution in [3.8, 4) is 5.75 Å². The van der Waals surface area contributed by atoms with Crippen LogP contribution in [0.2, 0.25) is 0 Å². The zero-order valence-electron chi connectivity index (χ0n) is 20.3. The van der Waals surface area contributed by atoms with Crippen molar-refractivity contribution in [1.29, 1.82) is 0 Å². The lowest BCUT2D eigenvalue weighted by molar-refractivity contribution is -0.119. The molecule has 4 rings (SSSR count). The predicted octanol–water partition coefficient (Wildman–Crippen LogP) is 3.04. The molecule has 9 heteroatoms. The Labute approximate surface area is 212 Å². The van der Waals surface area contributed by atoms with E-state index in [4.69, 9.17) is 9.47 Å². The number of anilines is 1. The first-order valence-corrected chi connectivity index (χ1v) is 13.3. The third kappa shape index (κ3) is 6.63. The number of nitrogens with zero attached hydrogens (tertiary/aromatic N) is 2. The molecule has 8 nitrogen and oxygen atoms in total. The molecule has 1 aliphatic rings. The zero-order valence-corrected chi connectivity index (χ0v) is 21.1. The van der Waals surface area contributed by atoms with Gasteiger partial charge in [-0.2, -0.15) is 0 Å². The highest BCUT2D eigenvalue weighted by Crippen LogP contribution is 2.25. The van der Waals surface area contributed by atoms with Crippen molar-refractivity contribution in [3.63, 3.8) is 0 Å². The molecule has 0 saturated carbocycles. The molecular weight excluding hydrogens is 478 g/mol. The summed E-state index contributed by atoms with van der Waals surface area (Å²) in [5.41, 5.74) is 2.52. The summed E-state index contributed by atoms with van der Waals surface area (Å²) in [6.45, 7) is 4.19. The molecule has 36 heavy (non-hydrogen) atoms. The fourth-order valence-corrected chi connectivity index (χ4v) is 5.39. The Morgan fingerprint density at radius 2 is 1.58 bits per heavy atom. The van der Waals surface area contributed by atoms with Crippen molar-refractivity contribution in [2.75, 3.05) is 44.3 Å². The van der Waals surface area contributed by atoms with E-state index in [2.05, 4.69) is 22.3 Å². The highest BCUT2D eigenvalue weighted by atomic mass is 32.2. The number of sulfonamides is 1. The van der Waals surface area contributed by atoms with Crippen LogP contribution in [0.1, 0.15) is 11.1 Å². The normalized spacial score (nSPS) is 14.2. The van der Waals surface area contributed by atoms with Crippen molar-refractivity contribution in [3.05, 3.63) is 90.0 Å². The number of carbonyl (C=O) groups excluding carboxylic acids is 1. The van der Waals surface area contributed by atoms with Gasteiger partial charge in [0, 0.05) is 26.2 Å². The van der Waals surface area contributed by atoms with E-state index in [0.717, 1.165) is 42.7 Å². The van der Waals surface area contributed by atoms with Gasteiger partial charge in [0.15, 0.2) is 0 Å². The number of hydrogen-bond acceptors (Lipinski definition) is 6. The van der Waals surface area contributed by atoms with E-state index in [1.54, 1.807) is 42.5 Å². The summed E-state index contributed by atoms with van der Waals surface area (Å²) >= 11 is 0. The van der Waals surface area contributed by atoms with E-state index in [9.17, 15) is 13.2 Å². The van der Waals surface area contributed by atoms with Crippen LogP contribution in [0.15, 0.2) is 83.8 Å². The van der Waals surface area contributed by atoms with Crippen molar-refractivity contribution >= 4 is 21.6 Å². The second-order valence-corrected chi connectivity index (χ2v) is 10.4. The lowest BCUT2D eigenvalue weighted by Gasteiger charge is -2.26. The Morgan fingerprint density at radius 3 is 2.22 bits per heavy atom. The predicted molar refractivity (Wildman–Crippen MR) is 138 cm³/mol. The van der Waals surface area contributed by atoms with E-state index < -0.39 is 15.9 Å². The van der Waals surface area contributed by atoms with Gasteiger partial charge in [-0.3, -0.25) is 14.0 Å². The van der Waals surface area contributed by atoms with Crippen LogP contribution in [0.3, 0.4) is 0 Å². The van der Waals surface area contributed by atoms with Crippen molar-refractivity contribution in [2.24, 2.45) is 0 Å². The summed E-state index contributed by atoms with van der Waals surface area (Å²) in [7, 11) is -2.42. The van der Waals surface area contributed by atoms with Gasteiger partial charge in [-0.05, 0) is 47.5 Å². The molecule has 3 aromatic carbocycles. The number of carbonyl (C=O) groups is 1. The Kier molecular flexibility index (Phi) is 8.58. The standard InChI is InChI=1S/C27H31N3O5S/c1-34-25-13-11-24(12-14-25)30(36(32,33)26-5-3-2-4-6-26)21-27(31)28-19-22-7-9-23(10-8-22)20-29-15-17-35-18-16-29/h2-14H,15-21H2,1H3,(H,28,31). The third-order valence-electron chi connectivity index (χ3n) is 6.00. The molecule has 1 amide bonds. The van der Waals surface area contributed by atoms with E-state index in [-0.39, 0.29) is 11.4 Å². The maximum Gasteiger partial charge on any atom is 0.264 e. The highest BCUT2D eigenvalue weighted by molar-refractivity contribution is 7.92. The number of ether oxygens (including phenoxy) is 2. The quantitative estimate of drug-likeness (QED) is 0.452. The number of benzene rings is 3. The number of nitrogens with one attached hydrogen (secondary N) is 1. The monoisotopic (exact) mass is 509 g/mol. The maximum atomic E-state index is 13.4. The molecule has 0 aromatic heterocycles. The van der Waals surface area contributed by atoms with Gasteiger partial charge in [-0.15, -0.1) is 0 Å². The summed E-state index contributed by atoms with van der Waals surface area (Å²) in [5, 5.41) is 2.85. The Balaban J connectivity index is 1.42. The molecule has 1 N–H and O–H groups in total. The first-order chi connectivity index (χ1) is 17.5. The number of hydrogen-bond donors (Lipinski definition) is 1. The SMILES string of the molecule is COc1ccc(N(CC(=O)NCc2ccc(CN3CCOCC3)cc2)S(=O)(=O)c2ccccc2)cc1. The van der Waals surface area contributed by atoms with Crippen LogP contribution in [0.25, 0.3) is 0 Å². The highest BCUT2D eigenvalue weighted by Gasteiger charge is 2.27. The average molecular weight is 510 g/mol.